The zero-order valence-electron chi connectivity index (χ0n) is 10.5. The van der Waals surface area contributed by atoms with E-state index in [9.17, 15) is 0 Å². The normalized spacial score (nSPS) is 13.0. The Hall–Kier alpha value is -0.540. The van der Waals surface area contributed by atoms with Crippen LogP contribution in [0.5, 0.6) is 0 Å². The van der Waals surface area contributed by atoms with Crippen molar-refractivity contribution < 1.29 is 0 Å². The molecule has 1 aromatic rings. The van der Waals surface area contributed by atoms with E-state index in [1.54, 1.807) is 0 Å². The topological polar surface area (TPSA) is 29.9 Å². The minimum Gasteiger partial charge on any atom is -0.310 e. The van der Waals surface area contributed by atoms with Gasteiger partial charge in [0.25, 0.3) is 0 Å². The lowest BCUT2D eigenvalue weighted by atomic mass is 10.2. The second-order valence-corrected chi connectivity index (χ2v) is 4.73. The van der Waals surface area contributed by atoms with Crippen LogP contribution in [0.2, 0.25) is 0 Å². The molecule has 1 N–H and O–H groups in total. The van der Waals surface area contributed by atoms with E-state index in [-0.39, 0.29) is 5.38 Å². The van der Waals surface area contributed by atoms with Gasteiger partial charge in [-0.25, -0.2) is 0 Å². The summed E-state index contributed by atoms with van der Waals surface area (Å²) in [7, 11) is 0. The van der Waals surface area contributed by atoms with Crippen LogP contribution in [-0.2, 0) is 13.1 Å². The third-order valence-electron chi connectivity index (χ3n) is 2.56. The van der Waals surface area contributed by atoms with Crippen molar-refractivity contribution in [3.63, 3.8) is 0 Å². The third kappa shape index (κ3) is 4.14. The maximum atomic E-state index is 6.14. The number of nitrogens with zero attached hydrogens (tertiary/aromatic N) is 2. The summed E-state index contributed by atoms with van der Waals surface area (Å²) in [5, 5.41) is 8.03. The predicted octanol–water partition coefficient (Wildman–Crippen LogP) is 2.71. The summed E-state index contributed by atoms with van der Waals surface area (Å²) in [6, 6.07) is 2.12. The highest BCUT2D eigenvalue weighted by atomic mass is 35.5. The van der Waals surface area contributed by atoms with Gasteiger partial charge in [0, 0.05) is 25.0 Å². The molecule has 1 heterocycles. The van der Waals surface area contributed by atoms with Gasteiger partial charge in [-0.15, -0.1) is 11.6 Å². The fourth-order valence-corrected chi connectivity index (χ4v) is 2.11. The summed E-state index contributed by atoms with van der Waals surface area (Å²) in [6.07, 6.45) is 2.21. The number of aromatic nitrogens is 2. The van der Waals surface area contributed by atoms with Gasteiger partial charge in [0.15, 0.2) is 0 Å². The Morgan fingerprint density at radius 1 is 1.50 bits per heavy atom. The van der Waals surface area contributed by atoms with E-state index >= 15 is 0 Å². The molecule has 1 atom stereocenters. The van der Waals surface area contributed by atoms with E-state index in [0.717, 1.165) is 38.2 Å². The smallest absolute Gasteiger partial charge is 0.0597 e. The molecule has 1 rings (SSSR count). The molecule has 1 aromatic heterocycles. The van der Waals surface area contributed by atoms with Crippen molar-refractivity contribution in [3.05, 3.63) is 17.5 Å². The zero-order valence-corrected chi connectivity index (χ0v) is 11.2. The molecule has 0 radical (unpaired) electrons. The highest BCUT2D eigenvalue weighted by Gasteiger charge is 2.05. The minimum absolute atomic E-state index is 0.240. The van der Waals surface area contributed by atoms with Crippen LogP contribution in [0.1, 0.15) is 38.1 Å². The molecule has 0 aliphatic carbocycles. The third-order valence-corrected chi connectivity index (χ3v) is 2.93. The molecule has 0 amide bonds. The number of aryl methyl sites for hydroxylation is 2. The Morgan fingerprint density at radius 2 is 2.25 bits per heavy atom. The fourth-order valence-electron chi connectivity index (χ4n) is 1.79. The summed E-state index contributed by atoms with van der Waals surface area (Å²) >= 11 is 6.14. The lowest BCUT2D eigenvalue weighted by molar-refractivity contribution is 0.565. The molecule has 0 aliphatic rings. The average Bonchev–Trinajstić information content (AvgIpc) is 2.59. The van der Waals surface area contributed by atoms with Gasteiger partial charge in [-0.2, -0.15) is 5.10 Å². The van der Waals surface area contributed by atoms with Crippen LogP contribution < -0.4 is 5.32 Å². The van der Waals surface area contributed by atoms with E-state index in [1.165, 1.54) is 5.69 Å². The van der Waals surface area contributed by atoms with Gasteiger partial charge in [-0.3, -0.25) is 4.68 Å². The van der Waals surface area contributed by atoms with E-state index in [2.05, 4.69) is 30.3 Å². The van der Waals surface area contributed by atoms with Crippen LogP contribution in [0, 0.1) is 6.92 Å². The minimum atomic E-state index is 0.240. The van der Waals surface area contributed by atoms with Crippen LogP contribution in [-0.4, -0.2) is 21.7 Å². The second-order valence-electron chi connectivity index (χ2n) is 4.11. The lowest BCUT2D eigenvalue weighted by Gasteiger charge is -2.10. The Morgan fingerprint density at radius 3 is 2.88 bits per heavy atom. The second kappa shape index (κ2) is 6.92. The molecule has 16 heavy (non-hydrogen) atoms. The van der Waals surface area contributed by atoms with Crippen molar-refractivity contribution in [3.8, 4) is 0 Å². The molecule has 0 bridgehead atoms. The quantitative estimate of drug-likeness (QED) is 0.747. The van der Waals surface area contributed by atoms with Crippen molar-refractivity contribution in [2.45, 2.75) is 52.1 Å². The lowest BCUT2D eigenvalue weighted by Crippen LogP contribution is -2.24. The summed E-state index contributed by atoms with van der Waals surface area (Å²) < 4.78 is 2.03. The van der Waals surface area contributed by atoms with Crippen molar-refractivity contribution in [1.29, 1.82) is 0 Å². The number of hydrogen-bond acceptors (Lipinski definition) is 2. The summed E-state index contributed by atoms with van der Waals surface area (Å²) in [6.45, 7) is 8.93. The Labute approximate surface area is 103 Å². The molecule has 0 fully saturated rings. The fraction of sp³-hybridized carbons (Fsp3) is 0.750. The average molecular weight is 244 g/mol. The first-order chi connectivity index (χ1) is 7.67. The zero-order chi connectivity index (χ0) is 12.0. The molecule has 0 aromatic carbocycles. The maximum absolute atomic E-state index is 6.14. The van der Waals surface area contributed by atoms with Crippen molar-refractivity contribution >= 4 is 11.6 Å². The van der Waals surface area contributed by atoms with Crippen LogP contribution >= 0.6 is 11.6 Å². The summed E-state index contributed by atoms with van der Waals surface area (Å²) in [4.78, 5) is 0. The molecule has 0 aliphatic heterocycles. The molecule has 3 nitrogen and oxygen atoms in total. The molecule has 0 saturated heterocycles. The number of rotatable bonds is 7. The van der Waals surface area contributed by atoms with Gasteiger partial charge in [-0.05, 0) is 26.3 Å². The number of nitrogens with one attached hydrogen (secondary N) is 1. The first kappa shape index (κ1) is 13.5. The monoisotopic (exact) mass is 243 g/mol. The van der Waals surface area contributed by atoms with E-state index in [1.807, 2.05) is 11.6 Å². The van der Waals surface area contributed by atoms with Gasteiger partial charge in [0.1, 0.15) is 0 Å². The first-order valence-electron chi connectivity index (χ1n) is 6.05. The van der Waals surface area contributed by atoms with Crippen LogP contribution in [0.15, 0.2) is 6.07 Å². The number of hydrogen-bond donors (Lipinski definition) is 1. The molecular weight excluding hydrogens is 222 g/mol. The van der Waals surface area contributed by atoms with Crippen LogP contribution in [0.4, 0.5) is 0 Å². The Kier molecular flexibility index (Phi) is 5.85. The summed E-state index contributed by atoms with van der Waals surface area (Å²) in [5.74, 6) is 0. The van der Waals surface area contributed by atoms with Crippen LogP contribution in [0.25, 0.3) is 0 Å². The van der Waals surface area contributed by atoms with Gasteiger partial charge < -0.3 is 5.32 Å². The SMILES string of the molecule is CCCC(Cl)CNCc1cc(C)nn1CC. The Balaban J connectivity index is 2.36. The molecular formula is C12H22ClN3. The van der Waals surface area contributed by atoms with E-state index in [4.69, 9.17) is 11.6 Å². The van der Waals surface area contributed by atoms with Gasteiger partial charge in [0.2, 0.25) is 0 Å². The Bertz CT molecular complexity index is 309. The maximum Gasteiger partial charge on any atom is 0.0597 e. The molecule has 0 saturated carbocycles. The highest BCUT2D eigenvalue weighted by molar-refractivity contribution is 6.20. The number of halogens is 1. The predicted molar refractivity (Wildman–Crippen MR) is 68.9 cm³/mol. The first-order valence-corrected chi connectivity index (χ1v) is 6.49. The molecule has 1 unspecified atom stereocenters. The van der Waals surface area contributed by atoms with Crippen molar-refractivity contribution in [2.24, 2.45) is 0 Å². The summed E-state index contributed by atoms with van der Waals surface area (Å²) in [5.41, 5.74) is 2.31. The van der Waals surface area contributed by atoms with Gasteiger partial charge >= 0.3 is 0 Å². The number of alkyl halides is 1. The standard InChI is InChI=1S/C12H22ClN3/c1-4-6-11(13)8-14-9-12-7-10(3)15-16(12)5-2/h7,11,14H,4-6,8-9H2,1-3H3. The van der Waals surface area contributed by atoms with Gasteiger partial charge in [0.05, 0.1) is 11.4 Å². The van der Waals surface area contributed by atoms with Gasteiger partial charge in [-0.1, -0.05) is 13.3 Å². The molecule has 92 valence electrons. The van der Waals surface area contributed by atoms with Crippen molar-refractivity contribution in [1.82, 2.24) is 15.1 Å². The largest absolute Gasteiger partial charge is 0.310 e. The van der Waals surface area contributed by atoms with E-state index in [0.29, 0.717) is 0 Å². The molecule has 4 heteroatoms. The van der Waals surface area contributed by atoms with E-state index < -0.39 is 0 Å². The highest BCUT2D eigenvalue weighted by Crippen LogP contribution is 2.06. The van der Waals surface area contributed by atoms with Crippen molar-refractivity contribution in [2.75, 3.05) is 6.54 Å². The van der Waals surface area contributed by atoms with Crippen LogP contribution in [0.3, 0.4) is 0 Å². The molecule has 0 spiro atoms.